The van der Waals surface area contributed by atoms with Crippen molar-refractivity contribution in [1.82, 2.24) is 10.7 Å². The van der Waals surface area contributed by atoms with Gasteiger partial charge in [-0.15, -0.1) is 0 Å². The van der Waals surface area contributed by atoms with Gasteiger partial charge >= 0.3 is 0 Å². The lowest BCUT2D eigenvalue weighted by Crippen LogP contribution is -2.57. The van der Waals surface area contributed by atoms with Crippen LogP contribution in [0.4, 0.5) is 0 Å². The number of hydrogen-bond donors (Lipinski definition) is 3. The van der Waals surface area contributed by atoms with Crippen LogP contribution in [-0.4, -0.2) is 18.0 Å². The number of aliphatic imine (C=N–C) groups is 1. The monoisotopic (exact) mass is 212 g/mol. The molecule has 0 bridgehead atoms. The predicted molar refractivity (Wildman–Crippen MR) is 64.5 cm³/mol. The molecule has 1 aliphatic carbocycles. The summed E-state index contributed by atoms with van der Waals surface area (Å²) >= 11 is 0. The number of rotatable bonds is 4. The van der Waals surface area contributed by atoms with E-state index in [2.05, 4.69) is 36.5 Å². The molecular weight excluding hydrogens is 188 g/mol. The molecule has 0 aromatic carbocycles. The Morgan fingerprint density at radius 1 is 1.47 bits per heavy atom. The molecule has 0 aliphatic heterocycles. The Labute approximate surface area is 92.7 Å². The highest BCUT2D eigenvalue weighted by atomic mass is 15.3. The van der Waals surface area contributed by atoms with Crippen LogP contribution in [0, 0.1) is 5.92 Å². The molecule has 1 saturated carbocycles. The van der Waals surface area contributed by atoms with Gasteiger partial charge in [0.05, 0.1) is 0 Å². The van der Waals surface area contributed by atoms with Crippen molar-refractivity contribution in [3.05, 3.63) is 0 Å². The Balaban J connectivity index is 2.48. The molecule has 0 aromatic rings. The van der Waals surface area contributed by atoms with E-state index in [1.165, 1.54) is 19.3 Å². The number of hydrogen-bond acceptors (Lipinski definition) is 2. The first-order valence-electron chi connectivity index (χ1n) is 5.91. The van der Waals surface area contributed by atoms with Crippen LogP contribution in [0.1, 0.15) is 46.5 Å². The Bertz CT molecular complexity index is 213. The Kier molecular flexibility index (Phi) is 4.39. The first-order valence-corrected chi connectivity index (χ1v) is 5.91. The zero-order valence-electron chi connectivity index (χ0n) is 10.1. The van der Waals surface area contributed by atoms with Crippen LogP contribution in [0.5, 0.6) is 0 Å². The third kappa shape index (κ3) is 3.38. The summed E-state index contributed by atoms with van der Waals surface area (Å²) in [6.07, 6.45) is 4.90. The molecule has 0 saturated heterocycles. The van der Waals surface area contributed by atoms with E-state index in [1.807, 2.05) is 0 Å². The van der Waals surface area contributed by atoms with E-state index >= 15 is 0 Å². The van der Waals surface area contributed by atoms with Crippen molar-refractivity contribution in [3.63, 3.8) is 0 Å². The van der Waals surface area contributed by atoms with Crippen molar-refractivity contribution in [2.45, 2.75) is 52.0 Å². The standard InChI is InChI=1S/C11H24N4/c1-4-11(6-5-7-11)14-10(15-12)13-8-9(2)3/h9H,4-8,12H2,1-3H3,(H2,13,14,15). The SMILES string of the molecule is CCC1(NC(=NCC(C)C)NN)CCC1. The maximum absolute atomic E-state index is 5.46. The summed E-state index contributed by atoms with van der Waals surface area (Å²) in [4.78, 5) is 4.43. The van der Waals surface area contributed by atoms with Gasteiger partial charge in [0.25, 0.3) is 0 Å². The van der Waals surface area contributed by atoms with Crippen molar-refractivity contribution < 1.29 is 0 Å². The lowest BCUT2D eigenvalue weighted by atomic mass is 9.75. The molecule has 0 aromatic heterocycles. The lowest BCUT2D eigenvalue weighted by molar-refractivity contribution is 0.207. The van der Waals surface area contributed by atoms with E-state index in [9.17, 15) is 0 Å². The minimum Gasteiger partial charge on any atom is -0.350 e. The van der Waals surface area contributed by atoms with Gasteiger partial charge in [0.2, 0.25) is 5.96 Å². The molecule has 0 heterocycles. The van der Waals surface area contributed by atoms with Crippen LogP contribution in [-0.2, 0) is 0 Å². The Morgan fingerprint density at radius 3 is 2.47 bits per heavy atom. The van der Waals surface area contributed by atoms with Crippen molar-refractivity contribution in [2.75, 3.05) is 6.54 Å². The Hall–Kier alpha value is -0.770. The van der Waals surface area contributed by atoms with E-state index in [4.69, 9.17) is 5.84 Å². The highest BCUT2D eigenvalue weighted by Crippen LogP contribution is 2.34. The van der Waals surface area contributed by atoms with Gasteiger partial charge in [0.15, 0.2) is 0 Å². The summed E-state index contributed by atoms with van der Waals surface area (Å²) in [5.41, 5.74) is 2.91. The highest BCUT2D eigenvalue weighted by Gasteiger charge is 2.35. The average Bonchev–Trinajstić information content (AvgIpc) is 2.16. The van der Waals surface area contributed by atoms with Crippen molar-refractivity contribution in [2.24, 2.45) is 16.8 Å². The molecule has 0 amide bonds. The largest absolute Gasteiger partial charge is 0.350 e. The lowest BCUT2D eigenvalue weighted by Gasteiger charge is -2.42. The average molecular weight is 212 g/mol. The van der Waals surface area contributed by atoms with Gasteiger partial charge in [-0.25, -0.2) is 5.84 Å². The summed E-state index contributed by atoms with van der Waals surface area (Å²) in [6.45, 7) is 7.32. The predicted octanol–water partition coefficient (Wildman–Crippen LogP) is 1.38. The van der Waals surface area contributed by atoms with E-state index < -0.39 is 0 Å². The van der Waals surface area contributed by atoms with Crippen LogP contribution in [0.15, 0.2) is 4.99 Å². The van der Waals surface area contributed by atoms with Crippen LogP contribution in [0.2, 0.25) is 0 Å². The fourth-order valence-corrected chi connectivity index (χ4v) is 1.82. The molecule has 1 rings (SSSR count). The number of guanidine groups is 1. The number of hydrazine groups is 1. The molecule has 0 spiro atoms. The van der Waals surface area contributed by atoms with Crippen LogP contribution in [0.3, 0.4) is 0 Å². The minimum absolute atomic E-state index is 0.252. The normalized spacial score (nSPS) is 19.9. The molecule has 0 radical (unpaired) electrons. The smallest absolute Gasteiger partial charge is 0.206 e. The molecule has 88 valence electrons. The fraction of sp³-hybridized carbons (Fsp3) is 0.909. The second-order valence-corrected chi connectivity index (χ2v) is 4.84. The molecule has 0 unspecified atom stereocenters. The van der Waals surface area contributed by atoms with E-state index in [0.717, 1.165) is 18.9 Å². The summed E-state index contributed by atoms with van der Waals surface area (Å²) in [5, 5.41) is 3.44. The minimum atomic E-state index is 0.252. The van der Waals surface area contributed by atoms with Crippen LogP contribution in [0.25, 0.3) is 0 Å². The zero-order valence-corrected chi connectivity index (χ0v) is 10.1. The highest BCUT2D eigenvalue weighted by molar-refractivity contribution is 5.80. The molecule has 4 nitrogen and oxygen atoms in total. The van der Waals surface area contributed by atoms with Crippen molar-refractivity contribution in [1.29, 1.82) is 0 Å². The quantitative estimate of drug-likeness (QED) is 0.285. The zero-order chi connectivity index (χ0) is 11.3. The van der Waals surface area contributed by atoms with Gasteiger partial charge in [-0.2, -0.15) is 0 Å². The number of nitrogens with zero attached hydrogens (tertiary/aromatic N) is 1. The van der Waals surface area contributed by atoms with Crippen LogP contribution < -0.4 is 16.6 Å². The summed E-state index contributed by atoms with van der Waals surface area (Å²) in [7, 11) is 0. The first-order chi connectivity index (χ1) is 7.12. The maximum Gasteiger partial charge on any atom is 0.206 e. The molecule has 4 heteroatoms. The molecule has 1 aliphatic rings. The fourth-order valence-electron chi connectivity index (χ4n) is 1.82. The third-order valence-corrected chi connectivity index (χ3v) is 3.12. The summed E-state index contributed by atoms with van der Waals surface area (Å²) in [5.74, 6) is 6.76. The third-order valence-electron chi connectivity index (χ3n) is 3.12. The second kappa shape index (κ2) is 5.35. The van der Waals surface area contributed by atoms with Gasteiger partial charge in [-0.05, 0) is 31.6 Å². The second-order valence-electron chi connectivity index (χ2n) is 4.84. The van der Waals surface area contributed by atoms with Gasteiger partial charge < -0.3 is 5.32 Å². The van der Waals surface area contributed by atoms with Crippen molar-refractivity contribution >= 4 is 5.96 Å². The maximum atomic E-state index is 5.46. The van der Waals surface area contributed by atoms with Crippen LogP contribution >= 0.6 is 0 Å². The molecule has 15 heavy (non-hydrogen) atoms. The van der Waals surface area contributed by atoms with E-state index in [0.29, 0.717) is 5.92 Å². The molecule has 0 atom stereocenters. The van der Waals surface area contributed by atoms with Crippen molar-refractivity contribution in [3.8, 4) is 0 Å². The van der Waals surface area contributed by atoms with Gasteiger partial charge in [-0.3, -0.25) is 10.4 Å². The molecule has 1 fully saturated rings. The summed E-state index contributed by atoms with van der Waals surface area (Å²) < 4.78 is 0. The first kappa shape index (κ1) is 12.3. The Morgan fingerprint density at radius 2 is 2.13 bits per heavy atom. The summed E-state index contributed by atoms with van der Waals surface area (Å²) in [6, 6.07) is 0. The van der Waals surface area contributed by atoms with E-state index in [1.54, 1.807) is 0 Å². The van der Waals surface area contributed by atoms with Gasteiger partial charge in [-0.1, -0.05) is 20.8 Å². The molecular formula is C11H24N4. The number of nitrogens with one attached hydrogen (secondary N) is 2. The van der Waals surface area contributed by atoms with Gasteiger partial charge in [0, 0.05) is 12.1 Å². The topological polar surface area (TPSA) is 62.4 Å². The number of nitrogens with two attached hydrogens (primary N) is 1. The van der Waals surface area contributed by atoms with Gasteiger partial charge in [0.1, 0.15) is 0 Å². The van der Waals surface area contributed by atoms with E-state index in [-0.39, 0.29) is 5.54 Å². The molecule has 4 N–H and O–H groups in total.